The summed E-state index contributed by atoms with van der Waals surface area (Å²) in [5.74, 6) is 2.45. The monoisotopic (exact) mass is 496 g/mol. The standard InChI is InChI=1S/C32H36N2O3/c1-20(2)19-36-25-13-11-23(12-14-25)32-31-29(33-27-7-5-6-8-28(27)34-32)17-24(18-30(31)35)22-9-15-26(16-10-22)37-21(3)4/h5-16,20-21,24,32-34H,17-19H2,1-4H3. The SMILES string of the molecule is CC(C)COc1ccc(C2Nc3ccccc3NC3=C2C(=O)CC(c2ccc(OC(C)C)cc2)C3)cc1. The van der Waals surface area contributed by atoms with Gasteiger partial charge in [-0.2, -0.15) is 0 Å². The summed E-state index contributed by atoms with van der Waals surface area (Å²) in [6.45, 7) is 9.00. The van der Waals surface area contributed by atoms with E-state index < -0.39 is 0 Å². The van der Waals surface area contributed by atoms with Gasteiger partial charge in [-0.1, -0.05) is 50.2 Å². The van der Waals surface area contributed by atoms with Crippen LogP contribution in [0.15, 0.2) is 84.1 Å². The van der Waals surface area contributed by atoms with Crippen molar-refractivity contribution < 1.29 is 14.3 Å². The summed E-state index contributed by atoms with van der Waals surface area (Å²) in [6.07, 6.45) is 1.38. The Morgan fingerprint density at radius 2 is 1.46 bits per heavy atom. The Morgan fingerprint density at radius 1 is 0.811 bits per heavy atom. The van der Waals surface area contributed by atoms with E-state index in [0.29, 0.717) is 18.9 Å². The quantitative estimate of drug-likeness (QED) is 0.355. The molecule has 5 heteroatoms. The zero-order valence-corrected chi connectivity index (χ0v) is 22.1. The minimum Gasteiger partial charge on any atom is -0.493 e. The van der Waals surface area contributed by atoms with E-state index in [4.69, 9.17) is 9.47 Å². The number of rotatable bonds is 7. The van der Waals surface area contributed by atoms with Crippen molar-refractivity contribution in [3.05, 3.63) is 95.2 Å². The van der Waals surface area contributed by atoms with Gasteiger partial charge in [0.05, 0.1) is 30.1 Å². The van der Waals surface area contributed by atoms with Gasteiger partial charge in [-0.25, -0.2) is 0 Å². The Bertz CT molecular complexity index is 1280. The summed E-state index contributed by atoms with van der Waals surface area (Å²) in [6, 6.07) is 24.3. The number of nitrogens with one attached hydrogen (secondary N) is 2. The fraction of sp³-hybridized carbons (Fsp3) is 0.344. The third-order valence-electron chi connectivity index (χ3n) is 6.83. The second-order valence-electron chi connectivity index (χ2n) is 10.7. The van der Waals surface area contributed by atoms with Crippen molar-refractivity contribution in [2.75, 3.05) is 17.2 Å². The van der Waals surface area contributed by atoms with Gasteiger partial charge in [-0.05, 0) is 79.6 Å². The lowest BCUT2D eigenvalue weighted by Crippen LogP contribution is -2.26. The number of anilines is 2. The van der Waals surface area contributed by atoms with Crippen molar-refractivity contribution in [1.82, 2.24) is 0 Å². The molecule has 0 fully saturated rings. The molecule has 0 amide bonds. The first kappa shape index (κ1) is 24.9. The van der Waals surface area contributed by atoms with Gasteiger partial charge in [-0.3, -0.25) is 4.79 Å². The molecule has 0 saturated carbocycles. The van der Waals surface area contributed by atoms with E-state index in [9.17, 15) is 4.79 Å². The second kappa shape index (κ2) is 10.7. The Kier molecular flexibility index (Phi) is 7.22. The van der Waals surface area contributed by atoms with Crippen molar-refractivity contribution in [2.24, 2.45) is 5.92 Å². The summed E-state index contributed by atoms with van der Waals surface area (Å²) in [5, 5.41) is 7.28. The van der Waals surface area contributed by atoms with Gasteiger partial charge in [0.25, 0.3) is 0 Å². The molecule has 0 spiro atoms. The average molecular weight is 497 g/mol. The molecule has 1 aliphatic carbocycles. The first-order chi connectivity index (χ1) is 17.9. The van der Waals surface area contributed by atoms with Crippen LogP contribution < -0.4 is 20.1 Å². The summed E-state index contributed by atoms with van der Waals surface area (Å²) < 4.78 is 11.7. The average Bonchev–Trinajstić information content (AvgIpc) is 3.05. The van der Waals surface area contributed by atoms with E-state index in [1.807, 2.05) is 50.2 Å². The smallest absolute Gasteiger partial charge is 0.163 e. The molecule has 2 atom stereocenters. The van der Waals surface area contributed by atoms with Gasteiger partial charge in [0.2, 0.25) is 0 Å². The van der Waals surface area contributed by atoms with Gasteiger partial charge in [0.15, 0.2) is 5.78 Å². The molecule has 0 saturated heterocycles. The van der Waals surface area contributed by atoms with Crippen molar-refractivity contribution in [3.8, 4) is 11.5 Å². The number of benzene rings is 3. The Balaban J connectivity index is 1.46. The number of fused-ring (bicyclic) bond motifs is 1. The summed E-state index contributed by atoms with van der Waals surface area (Å²) in [4.78, 5) is 13.8. The Hall–Kier alpha value is -3.73. The number of carbonyl (C=O) groups is 1. The minimum atomic E-state index is -0.236. The highest BCUT2D eigenvalue weighted by molar-refractivity contribution is 6.01. The van der Waals surface area contributed by atoms with Gasteiger partial charge in [0.1, 0.15) is 11.5 Å². The predicted molar refractivity (Wildman–Crippen MR) is 149 cm³/mol. The van der Waals surface area contributed by atoms with E-state index in [-0.39, 0.29) is 23.8 Å². The lowest BCUT2D eigenvalue weighted by atomic mass is 9.78. The van der Waals surface area contributed by atoms with Crippen LogP contribution in [-0.2, 0) is 4.79 Å². The normalized spacial score (nSPS) is 19.0. The number of allylic oxidation sites excluding steroid dienone is 1. The maximum absolute atomic E-state index is 13.8. The van der Waals surface area contributed by atoms with E-state index in [1.54, 1.807) is 0 Å². The number of hydrogen-bond donors (Lipinski definition) is 2. The third-order valence-corrected chi connectivity index (χ3v) is 6.83. The first-order valence-corrected chi connectivity index (χ1v) is 13.3. The molecule has 1 aliphatic heterocycles. The molecule has 5 nitrogen and oxygen atoms in total. The van der Waals surface area contributed by atoms with Gasteiger partial charge in [0, 0.05) is 17.7 Å². The molecule has 0 bridgehead atoms. The molecule has 1 heterocycles. The van der Waals surface area contributed by atoms with E-state index in [2.05, 4.69) is 60.9 Å². The maximum atomic E-state index is 13.8. The molecule has 2 aliphatic rings. The Morgan fingerprint density at radius 3 is 2.14 bits per heavy atom. The molecule has 37 heavy (non-hydrogen) atoms. The van der Waals surface area contributed by atoms with Gasteiger partial charge in [-0.15, -0.1) is 0 Å². The molecule has 0 radical (unpaired) electrons. The predicted octanol–water partition coefficient (Wildman–Crippen LogP) is 7.49. The Labute approximate surface area is 219 Å². The van der Waals surface area contributed by atoms with Crippen LogP contribution in [0.4, 0.5) is 11.4 Å². The van der Waals surface area contributed by atoms with Gasteiger partial charge < -0.3 is 20.1 Å². The number of hydrogen-bond acceptors (Lipinski definition) is 5. The van der Waals surface area contributed by atoms with Crippen molar-refractivity contribution in [3.63, 3.8) is 0 Å². The highest BCUT2D eigenvalue weighted by atomic mass is 16.5. The fourth-order valence-corrected chi connectivity index (χ4v) is 5.09. The van der Waals surface area contributed by atoms with Crippen LogP contribution >= 0.6 is 0 Å². The minimum absolute atomic E-state index is 0.115. The lowest BCUT2D eigenvalue weighted by Gasteiger charge is -2.30. The van der Waals surface area contributed by atoms with E-state index in [1.165, 1.54) is 0 Å². The van der Waals surface area contributed by atoms with Gasteiger partial charge >= 0.3 is 0 Å². The highest BCUT2D eigenvalue weighted by Gasteiger charge is 2.36. The van der Waals surface area contributed by atoms with Crippen LogP contribution in [0.2, 0.25) is 0 Å². The molecule has 5 rings (SSSR count). The van der Waals surface area contributed by atoms with Crippen molar-refractivity contribution in [1.29, 1.82) is 0 Å². The molecular formula is C32H36N2O3. The van der Waals surface area contributed by atoms with E-state index in [0.717, 1.165) is 51.7 Å². The van der Waals surface area contributed by atoms with Crippen LogP contribution in [0.5, 0.6) is 11.5 Å². The lowest BCUT2D eigenvalue weighted by molar-refractivity contribution is -0.116. The zero-order valence-electron chi connectivity index (χ0n) is 22.1. The first-order valence-electron chi connectivity index (χ1n) is 13.3. The molecule has 3 aromatic rings. The second-order valence-corrected chi connectivity index (χ2v) is 10.7. The molecule has 3 aromatic carbocycles. The van der Waals surface area contributed by atoms with E-state index >= 15 is 0 Å². The summed E-state index contributed by atoms with van der Waals surface area (Å²) >= 11 is 0. The van der Waals surface area contributed by atoms with Crippen molar-refractivity contribution >= 4 is 17.2 Å². The highest BCUT2D eigenvalue weighted by Crippen LogP contribution is 2.44. The molecule has 192 valence electrons. The number of para-hydroxylation sites is 2. The number of ether oxygens (including phenoxy) is 2. The zero-order chi connectivity index (χ0) is 25.9. The summed E-state index contributed by atoms with van der Waals surface area (Å²) in [5.41, 5.74) is 6.00. The topological polar surface area (TPSA) is 59.6 Å². The number of ketones is 1. The molecule has 0 aromatic heterocycles. The third kappa shape index (κ3) is 5.66. The summed E-state index contributed by atoms with van der Waals surface area (Å²) in [7, 11) is 0. The van der Waals surface area contributed by atoms with Crippen LogP contribution in [0.1, 0.15) is 63.6 Å². The van der Waals surface area contributed by atoms with Crippen LogP contribution in [-0.4, -0.2) is 18.5 Å². The largest absolute Gasteiger partial charge is 0.493 e. The fourth-order valence-electron chi connectivity index (χ4n) is 5.09. The molecule has 2 N–H and O–H groups in total. The van der Waals surface area contributed by atoms with Crippen molar-refractivity contribution in [2.45, 2.75) is 58.6 Å². The number of carbonyl (C=O) groups excluding carboxylic acids is 1. The maximum Gasteiger partial charge on any atom is 0.163 e. The van der Waals surface area contributed by atoms with Crippen LogP contribution in [0.3, 0.4) is 0 Å². The number of Topliss-reactive ketones (excluding diaryl/α,β-unsaturated/α-hetero) is 1. The van der Waals surface area contributed by atoms with Crippen LogP contribution in [0, 0.1) is 5.92 Å². The van der Waals surface area contributed by atoms with Crippen LogP contribution in [0.25, 0.3) is 0 Å². The molecular weight excluding hydrogens is 460 g/mol. The molecule has 2 unspecified atom stereocenters.